The number of carbonyl (C=O) groups is 1. The monoisotopic (exact) mass is 196 g/mol. The quantitative estimate of drug-likeness (QED) is 0.637. The Morgan fingerprint density at radius 2 is 2.46 bits per heavy atom. The molecule has 66 valence electrons. The molecule has 0 fully saturated rings. The Hall–Kier alpha value is -1.60. The number of halogens is 1. The summed E-state index contributed by atoms with van der Waals surface area (Å²) in [5.41, 5.74) is 0.278. The molecule has 0 amide bonds. The first-order valence-corrected chi connectivity index (χ1v) is 3.70. The van der Waals surface area contributed by atoms with Crippen molar-refractivity contribution in [2.45, 2.75) is 0 Å². The number of methoxy groups -OCH3 is 1. The van der Waals surface area contributed by atoms with E-state index < -0.39 is 5.97 Å². The molecule has 0 spiro atoms. The van der Waals surface area contributed by atoms with E-state index in [9.17, 15) is 4.79 Å². The molecule has 13 heavy (non-hydrogen) atoms. The first kappa shape index (κ1) is 9.49. The van der Waals surface area contributed by atoms with Gasteiger partial charge in [0, 0.05) is 6.20 Å². The molecule has 0 atom stereocenters. The number of ether oxygens (including phenoxy) is 1. The van der Waals surface area contributed by atoms with Gasteiger partial charge in [-0.3, -0.25) is 0 Å². The minimum Gasteiger partial charge on any atom is -0.464 e. The van der Waals surface area contributed by atoms with Gasteiger partial charge >= 0.3 is 5.97 Å². The lowest BCUT2D eigenvalue weighted by Gasteiger charge is -1.98. The van der Waals surface area contributed by atoms with Gasteiger partial charge in [0.15, 0.2) is 0 Å². The van der Waals surface area contributed by atoms with E-state index in [-0.39, 0.29) is 16.3 Å². The molecule has 0 radical (unpaired) electrons. The van der Waals surface area contributed by atoms with Crippen LogP contribution in [0.3, 0.4) is 0 Å². The molecule has 0 aliphatic carbocycles. The molecule has 5 heteroatoms. The third kappa shape index (κ3) is 1.95. The first-order chi connectivity index (χ1) is 6.19. The highest BCUT2D eigenvalue weighted by atomic mass is 35.5. The summed E-state index contributed by atoms with van der Waals surface area (Å²) in [5.74, 6) is -0.590. The van der Waals surface area contributed by atoms with Crippen LogP contribution >= 0.6 is 11.6 Å². The highest BCUT2D eigenvalue weighted by molar-refractivity contribution is 6.31. The molecule has 0 aliphatic rings. The number of aromatic nitrogens is 1. The Morgan fingerprint density at radius 1 is 1.77 bits per heavy atom. The summed E-state index contributed by atoms with van der Waals surface area (Å²) >= 11 is 5.61. The molecule has 1 aromatic heterocycles. The van der Waals surface area contributed by atoms with Crippen LogP contribution in [0, 0.1) is 11.3 Å². The zero-order chi connectivity index (χ0) is 9.84. The standard InChI is InChI=1S/C8H5ClN2O2/c1-13-8(12)7-2-5(3-10)6(9)4-11-7/h2,4H,1H3. The van der Waals surface area contributed by atoms with Gasteiger partial charge in [-0.05, 0) is 6.07 Å². The van der Waals surface area contributed by atoms with Crippen LogP contribution in [0.4, 0.5) is 0 Å². The Balaban J connectivity index is 3.15. The van der Waals surface area contributed by atoms with E-state index >= 15 is 0 Å². The summed E-state index contributed by atoms with van der Waals surface area (Å²) in [6.45, 7) is 0. The van der Waals surface area contributed by atoms with Gasteiger partial charge in [-0.25, -0.2) is 9.78 Å². The molecule has 0 N–H and O–H groups in total. The SMILES string of the molecule is COC(=O)c1cc(C#N)c(Cl)cn1. The van der Waals surface area contributed by atoms with Crippen LogP contribution < -0.4 is 0 Å². The van der Waals surface area contributed by atoms with Crippen LogP contribution in [0.15, 0.2) is 12.3 Å². The average molecular weight is 197 g/mol. The maximum atomic E-state index is 11.0. The molecule has 0 aliphatic heterocycles. The van der Waals surface area contributed by atoms with Crippen molar-refractivity contribution in [3.63, 3.8) is 0 Å². The number of hydrogen-bond acceptors (Lipinski definition) is 4. The summed E-state index contributed by atoms with van der Waals surface area (Å²) < 4.78 is 4.42. The number of carbonyl (C=O) groups excluding carboxylic acids is 1. The third-order valence-corrected chi connectivity index (χ3v) is 1.67. The van der Waals surface area contributed by atoms with E-state index in [0.29, 0.717) is 0 Å². The van der Waals surface area contributed by atoms with Crippen LogP contribution in [0.1, 0.15) is 16.1 Å². The maximum Gasteiger partial charge on any atom is 0.356 e. The molecule has 0 unspecified atom stereocenters. The van der Waals surface area contributed by atoms with Gasteiger partial charge in [0.2, 0.25) is 0 Å². The van der Waals surface area contributed by atoms with Crippen LogP contribution in [-0.4, -0.2) is 18.1 Å². The van der Waals surface area contributed by atoms with E-state index in [4.69, 9.17) is 16.9 Å². The van der Waals surface area contributed by atoms with Crippen molar-refractivity contribution in [3.8, 4) is 6.07 Å². The van der Waals surface area contributed by atoms with Gasteiger partial charge in [-0.15, -0.1) is 0 Å². The number of rotatable bonds is 1. The topological polar surface area (TPSA) is 63.0 Å². The molecule has 0 aromatic carbocycles. The lowest BCUT2D eigenvalue weighted by molar-refractivity contribution is 0.0594. The maximum absolute atomic E-state index is 11.0. The van der Waals surface area contributed by atoms with Crippen molar-refractivity contribution in [2.75, 3.05) is 7.11 Å². The third-order valence-electron chi connectivity index (χ3n) is 1.37. The van der Waals surface area contributed by atoms with Crippen molar-refractivity contribution in [1.82, 2.24) is 4.98 Å². The molecular weight excluding hydrogens is 192 g/mol. The van der Waals surface area contributed by atoms with Crippen molar-refractivity contribution in [3.05, 3.63) is 28.5 Å². The molecule has 1 rings (SSSR count). The van der Waals surface area contributed by atoms with Gasteiger partial charge in [-0.2, -0.15) is 5.26 Å². The molecule has 0 bridgehead atoms. The van der Waals surface area contributed by atoms with Crippen molar-refractivity contribution in [2.24, 2.45) is 0 Å². The van der Waals surface area contributed by atoms with Gasteiger partial charge < -0.3 is 4.74 Å². The smallest absolute Gasteiger partial charge is 0.356 e. The molecule has 1 heterocycles. The summed E-state index contributed by atoms with van der Waals surface area (Å²) in [5, 5.41) is 8.80. The van der Waals surface area contributed by atoms with E-state index in [1.54, 1.807) is 0 Å². The van der Waals surface area contributed by atoms with Crippen LogP contribution in [0.5, 0.6) is 0 Å². The zero-order valence-electron chi connectivity index (χ0n) is 6.74. The minimum atomic E-state index is -0.590. The normalized spacial score (nSPS) is 9.00. The Morgan fingerprint density at radius 3 is 3.00 bits per heavy atom. The fourth-order valence-corrected chi connectivity index (χ4v) is 0.886. The summed E-state index contributed by atoms with van der Waals surface area (Å²) in [6.07, 6.45) is 1.24. The fraction of sp³-hybridized carbons (Fsp3) is 0.125. The van der Waals surface area contributed by atoms with Crippen LogP contribution in [0.2, 0.25) is 5.02 Å². The highest BCUT2D eigenvalue weighted by Crippen LogP contribution is 2.14. The van der Waals surface area contributed by atoms with Crippen molar-refractivity contribution >= 4 is 17.6 Å². The van der Waals surface area contributed by atoms with E-state index in [1.807, 2.05) is 6.07 Å². The van der Waals surface area contributed by atoms with Crippen molar-refractivity contribution < 1.29 is 9.53 Å². The second-order valence-corrected chi connectivity index (χ2v) is 2.56. The highest BCUT2D eigenvalue weighted by Gasteiger charge is 2.09. The fourth-order valence-electron chi connectivity index (χ4n) is 0.741. The van der Waals surface area contributed by atoms with Gasteiger partial charge in [0.25, 0.3) is 0 Å². The Kier molecular flexibility index (Phi) is 2.83. The van der Waals surface area contributed by atoms with E-state index in [2.05, 4.69) is 9.72 Å². The molecule has 4 nitrogen and oxygen atoms in total. The first-order valence-electron chi connectivity index (χ1n) is 3.33. The average Bonchev–Trinajstić information content (AvgIpc) is 2.17. The molecule has 0 saturated heterocycles. The summed E-state index contributed by atoms with van der Waals surface area (Å²) in [4.78, 5) is 14.7. The second-order valence-electron chi connectivity index (χ2n) is 2.15. The Labute approximate surface area is 79.7 Å². The molecular formula is C8H5ClN2O2. The largest absolute Gasteiger partial charge is 0.464 e. The number of nitrogens with zero attached hydrogens (tertiary/aromatic N) is 2. The number of pyridine rings is 1. The lowest BCUT2D eigenvalue weighted by atomic mass is 10.2. The van der Waals surface area contributed by atoms with Gasteiger partial charge in [0.1, 0.15) is 11.8 Å². The van der Waals surface area contributed by atoms with Gasteiger partial charge in [-0.1, -0.05) is 11.6 Å². The number of hydrogen-bond donors (Lipinski definition) is 0. The minimum absolute atomic E-state index is 0.0726. The number of nitriles is 1. The zero-order valence-corrected chi connectivity index (χ0v) is 7.50. The van der Waals surface area contributed by atoms with E-state index in [0.717, 1.165) is 0 Å². The lowest BCUT2D eigenvalue weighted by Crippen LogP contribution is -2.04. The predicted octanol–water partition coefficient (Wildman–Crippen LogP) is 1.39. The predicted molar refractivity (Wildman–Crippen MR) is 45.3 cm³/mol. The molecule has 1 aromatic rings. The summed E-state index contributed by atoms with van der Waals surface area (Å²) in [7, 11) is 1.24. The van der Waals surface area contributed by atoms with Crippen LogP contribution in [-0.2, 0) is 4.74 Å². The van der Waals surface area contributed by atoms with Gasteiger partial charge in [0.05, 0.1) is 17.7 Å². The Bertz CT molecular complexity index is 384. The second kappa shape index (κ2) is 3.87. The van der Waals surface area contributed by atoms with Crippen LogP contribution in [0.25, 0.3) is 0 Å². The van der Waals surface area contributed by atoms with E-state index in [1.165, 1.54) is 19.4 Å². The summed E-state index contributed by atoms with van der Waals surface area (Å²) in [6, 6.07) is 3.12. The molecule has 0 saturated carbocycles. The van der Waals surface area contributed by atoms with Crippen molar-refractivity contribution in [1.29, 1.82) is 5.26 Å². The number of esters is 1.